The highest BCUT2D eigenvalue weighted by molar-refractivity contribution is 5.48. The van der Waals surface area contributed by atoms with E-state index in [-0.39, 0.29) is 0 Å². The summed E-state index contributed by atoms with van der Waals surface area (Å²) >= 11 is 0. The molecule has 1 heterocycles. The highest BCUT2D eigenvalue weighted by atomic mass is 16.5. The maximum absolute atomic E-state index is 5.00. The van der Waals surface area contributed by atoms with Crippen molar-refractivity contribution in [2.24, 2.45) is 0 Å². The molecule has 82 valence electrons. The molecule has 3 nitrogen and oxygen atoms in total. The van der Waals surface area contributed by atoms with Gasteiger partial charge in [0.1, 0.15) is 0 Å². The summed E-state index contributed by atoms with van der Waals surface area (Å²) in [5.74, 6) is 0.646. The Hall–Kier alpha value is -2.03. The van der Waals surface area contributed by atoms with Gasteiger partial charge in [0, 0.05) is 6.54 Å². The number of methoxy groups -OCH3 is 1. The molecule has 16 heavy (non-hydrogen) atoms. The third-order valence-corrected chi connectivity index (χ3v) is 2.24. The van der Waals surface area contributed by atoms with Crippen molar-refractivity contribution in [2.75, 3.05) is 7.11 Å². The molecule has 0 spiro atoms. The molecule has 0 amide bonds. The number of rotatable bonds is 4. The van der Waals surface area contributed by atoms with Crippen LogP contribution >= 0.6 is 0 Å². The lowest BCUT2D eigenvalue weighted by Crippen LogP contribution is -1.89. The molecule has 0 aliphatic carbocycles. The average Bonchev–Trinajstić information content (AvgIpc) is 2.78. The monoisotopic (exact) mass is 214 g/mol. The summed E-state index contributed by atoms with van der Waals surface area (Å²) in [4.78, 5) is 4.07. The Kier molecular flexibility index (Phi) is 3.38. The third-order valence-electron chi connectivity index (χ3n) is 2.24. The first-order chi connectivity index (χ1) is 7.88. The lowest BCUT2D eigenvalue weighted by molar-refractivity contribution is 0.399. The molecule has 0 saturated heterocycles. The highest BCUT2D eigenvalue weighted by Crippen LogP contribution is 2.05. The van der Waals surface area contributed by atoms with Crippen molar-refractivity contribution in [1.29, 1.82) is 0 Å². The molecule has 1 aromatic heterocycles. The number of hydrogen-bond donors (Lipinski definition) is 0. The summed E-state index contributed by atoms with van der Waals surface area (Å²) in [7, 11) is 1.62. The fourth-order valence-electron chi connectivity index (χ4n) is 1.42. The minimum Gasteiger partial charge on any atom is -0.480 e. The first kappa shape index (κ1) is 10.5. The minimum absolute atomic E-state index is 0.646. The SMILES string of the molecule is COc1cn(C/C=C/c2ccccc2)cn1. The van der Waals surface area contributed by atoms with Gasteiger partial charge in [-0.1, -0.05) is 42.5 Å². The molecule has 0 saturated carbocycles. The van der Waals surface area contributed by atoms with Crippen LogP contribution in [-0.4, -0.2) is 16.7 Å². The zero-order valence-corrected chi connectivity index (χ0v) is 9.21. The van der Waals surface area contributed by atoms with Gasteiger partial charge >= 0.3 is 0 Å². The highest BCUT2D eigenvalue weighted by Gasteiger charge is 1.94. The van der Waals surface area contributed by atoms with Crippen LogP contribution in [0, 0.1) is 0 Å². The second kappa shape index (κ2) is 5.16. The van der Waals surface area contributed by atoms with Crippen LogP contribution in [-0.2, 0) is 6.54 Å². The van der Waals surface area contributed by atoms with Crippen molar-refractivity contribution in [3.63, 3.8) is 0 Å². The van der Waals surface area contributed by atoms with Gasteiger partial charge in [0.05, 0.1) is 19.6 Å². The zero-order valence-electron chi connectivity index (χ0n) is 9.21. The van der Waals surface area contributed by atoms with Crippen LogP contribution in [0.3, 0.4) is 0 Å². The van der Waals surface area contributed by atoms with E-state index in [4.69, 9.17) is 4.74 Å². The Balaban J connectivity index is 1.94. The molecular formula is C13H14N2O. The van der Waals surface area contributed by atoms with E-state index in [0.717, 1.165) is 6.54 Å². The molecule has 0 unspecified atom stereocenters. The van der Waals surface area contributed by atoms with Gasteiger partial charge < -0.3 is 9.30 Å². The molecule has 0 aliphatic heterocycles. The Morgan fingerprint density at radius 3 is 2.81 bits per heavy atom. The van der Waals surface area contributed by atoms with Crippen molar-refractivity contribution in [3.05, 3.63) is 54.5 Å². The van der Waals surface area contributed by atoms with E-state index in [1.165, 1.54) is 5.56 Å². The molecule has 2 rings (SSSR count). The number of nitrogens with zero attached hydrogens (tertiary/aromatic N) is 2. The molecule has 0 atom stereocenters. The predicted octanol–water partition coefficient (Wildman–Crippen LogP) is 2.61. The number of hydrogen-bond acceptors (Lipinski definition) is 2. The van der Waals surface area contributed by atoms with Crippen molar-refractivity contribution >= 4 is 6.08 Å². The number of allylic oxidation sites excluding steroid dienone is 1. The maximum atomic E-state index is 5.00. The molecule has 0 aliphatic rings. The summed E-state index contributed by atoms with van der Waals surface area (Å²) in [5, 5.41) is 0. The fourth-order valence-corrected chi connectivity index (χ4v) is 1.42. The van der Waals surface area contributed by atoms with Gasteiger partial charge in [0.2, 0.25) is 5.88 Å². The van der Waals surface area contributed by atoms with Crippen LogP contribution < -0.4 is 4.74 Å². The number of imidazole rings is 1. The molecule has 3 heteroatoms. The van der Waals surface area contributed by atoms with E-state index in [1.807, 2.05) is 29.0 Å². The molecule has 2 aromatic rings. The topological polar surface area (TPSA) is 27.1 Å². The first-order valence-corrected chi connectivity index (χ1v) is 5.16. The Bertz CT molecular complexity index is 460. The van der Waals surface area contributed by atoms with Crippen LogP contribution in [0.5, 0.6) is 5.88 Å². The normalized spacial score (nSPS) is 10.8. The summed E-state index contributed by atoms with van der Waals surface area (Å²) in [6.45, 7) is 0.797. The zero-order chi connectivity index (χ0) is 11.2. The van der Waals surface area contributed by atoms with Gasteiger partial charge in [0.15, 0.2) is 0 Å². The van der Waals surface area contributed by atoms with Gasteiger partial charge in [0.25, 0.3) is 0 Å². The molecule has 0 bridgehead atoms. The van der Waals surface area contributed by atoms with Gasteiger partial charge in [-0.3, -0.25) is 0 Å². The van der Waals surface area contributed by atoms with Crippen molar-refractivity contribution in [3.8, 4) is 5.88 Å². The van der Waals surface area contributed by atoms with Crippen molar-refractivity contribution in [1.82, 2.24) is 9.55 Å². The number of benzene rings is 1. The number of ether oxygens (including phenoxy) is 1. The van der Waals surface area contributed by atoms with Gasteiger partial charge in [-0.05, 0) is 5.56 Å². The molecule has 1 aromatic carbocycles. The third kappa shape index (κ3) is 2.73. The summed E-state index contributed by atoms with van der Waals surface area (Å²) in [5.41, 5.74) is 1.20. The Morgan fingerprint density at radius 1 is 1.31 bits per heavy atom. The smallest absolute Gasteiger partial charge is 0.231 e. The summed E-state index contributed by atoms with van der Waals surface area (Å²) in [6.07, 6.45) is 7.81. The second-order valence-corrected chi connectivity index (χ2v) is 3.43. The fraction of sp³-hybridized carbons (Fsp3) is 0.154. The van der Waals surface area contributed by atoms with Gasteiger partial charge in [-0.15, -0.1) is 0 Å². The van der Waals surface area contributed by atoms with Crippen LogP contribution in [0.25, 0.3) is 6.08 Å². The largest absolute Gasteiger partial charge is 0.480 e. The van der Waals surface area contributed by atoms with Crippen LogP contribution in [0.4, 0.5) is 0 Å². The first-order valence-electron chi connectivity index (χ1n) is 5.16. The quantitative estimate of drug-likeness (QED) is 0.782. The van der Waals surface area contributed by atoms with Gasteiger partial charge in [-0.25, -0.2) is 4.98 Å². The standard InChI is InChI=1S/C13H14N2O/c1-16-13-10-15(11-14-13)9-5-8-12-6-3-2-4-7-12/h2-8,10-11H,9H2,1H3/b8-5+. The summed E-state index contributed by atoms with van der Waals surface area (Å²) in [6, 6.07) is 10.2. The molecule has 0 radical (unpaired) electrons. The minimum atomic E-state index is 0.646. The maximum Gasteiger partial charge on any atom is 0.231 e. The second-order valence-electron chi connectivity index (χ2n) is 3.43. The van der Waals surface area contributed by atoms with Crippen LogP contribution in [0.15, 0.2) is 48.9 Å². The summed E-state index contributed by atoms with van der Waals surface area (Å²) < 4.78 is 6.97. The van der Waals surface area contributed by atoms with E-state index < -0.39 is 0 Å². The van der Waals surface area contributed by atoms with Crippen LogP contribution in [0.1, 0.15) is 5.56 Å². The van der Waals surface area contributed by atoms with E-state index >= 15 is 0 Å². The lowest BCUT2D eigenvalue weighted by atomic mass is 10.2. The Labute approximate surface area is 95.0 Å². The van der Waals surface area contributed by atoms with E-state index in [1.54, 1.807) is 13.4 Å². The average molecular weight is 214 g/mol. The van der Waals surface area contributed by atoms with Gasteiger partial charge in [-0.2, -0.15) is 0 Å². The van der Waals surface area contributed by atoms with Crippen molar-refractivity contribution in [2.45, 2.75) is 6.54 Å². The Morgan fingerprint density at radius 2 is 2.12 bits per heavy atom. The van der Waals surface area contributed by atoms with E-state index in [2.05, 4.69) is 29.3 Å². The number of aromatic nitrogens is 2. The molecule has 0 fully saturated rings. The molecule has 0 N–H and O–H groups in total. The van der Waals surface area contributed by atoms with E-state index in [0.29, 0.717) is 5.88 Å². The molecular weight excluding hydrogens is 200 g/mol. The van der Waals surface area contributed by atoms with E-state index in [9.17, 15) is 0 Å². The van der Waals surface area contributed by atoms with Crippen molar-refractivity contribution < 1.29 is 4.74 Å². The lowest BCUT2D eigenvalue weighted by Gasteiger charge is -1.95. The van der Waals surface area contributed by atoms with Crippen LogP contribution in [0.2, 0.25) is 0 Å². The predicted molar refractivity (Wildman–Crippen MR) is 64.3 cm³/mol.